The summed E-state index contributed by atoms with van der Waals surface area (Å²) in [4.78, 5) is 25.1. The molecule has 0 aliphatic heterocycles. The Morgan fingerprint density at radius 1 is 0.974 bits per heavy atom. The Hall–Kier alpha value is -4.52. The van der Waals surface area contributed by atoms with Crippen LogP contribution in [0.5, 0.6) is 5.75 Å². The van der Waals surface area contributed by atoms with Crippen LogP contribution in [0.2, 0.25) is 0 Å². The molecule has 38 heavy (non-hydrogen) atoms. The molecule has 4 aromatic rings. The molecule has 0 bridgehead atoms. The molecule has 0 aliphatic carbocycles. The van der Waals surface area contributed by atoms with Crippen LogP contribution in [-0.4, -0.2) is 43.5 Å². The predicted molar refractivity (Wildman–Crippen MR) is 135 cm³/mol. The average Bonchev–Trinajstić information content (AvgIpc) is 3.21. The monoisotopic (exact) mass is 547 g/mol. The lowest BCUT2D eigenvalue weighted by Gasteiger charge is -2.15. The second-order valence-corrected chi connectivity index (χ2v) is 9.99. The van der Waals surface area contributed by atoms with Crippen molar-refractivity contribution in [1.82, 2.24) is 4.57 Å². The number of benzene rings is 3. The summed E-state index contributed by atoms with van der Waals surface area (Å²) in [6.45, 7) is 0. The third kappa shape index (κ3) is 5.57. The van der Waals surface area contributed by atoms with Crippen LogP contribution in [0.15, 0.2) is 66.7 Å². The molecule has 1 amide bonds. The molecule has 0 unspecified atom stereocenters. The van der Waals surface area contributed by atoms with Gasteiger partial charge in [-0.3, -0.25) is 9.52 Å². The van der Waals surface area contributed by atoms with Gasteiger partial charge in [0, 0.05) is 11.1 Å². The molecule has 3 aromatic carbocycles. The number of anilines is 2. The first kappa shape index (κ1) is 26.5. The van der Waals surface area contributed by atoms with Crippen molar-refractivity contribution in [2.45, 2.75) is 6.18 Å². The molecule has 198 valence electrons. The van der Waals surface area contributed by atoms with Gasteiger partial charge in [-0.1, -0.05) is 18.2 Å². The molecule has 0 spiro atoms. The summed E-state index contributed by atoms with van der Waals surface area (Å²) >= 11 is 0. The number of rotatable bonds is 6. The third-order valence-electron chi connectivity index (χ3n) is 5.50. The van der Waals surface area contributed by atoms with Gasteiger partial charge in [0.05, 0.1) is 30.1 Å². The molecular weight excluding hydrogens is 527 g/mol. The Labute approximate surface area is 214 Å². The highest BCUT2D eigenvalue weighted by molar-refractivity contribution is 7.92. The van der Waals surface area contributed by atoms with Gasteiger partial charge in [0.25, 0.3) is 5.91 Å². The smallest absolute Gasteiger partial charge is 0.417 e. The topological polar surface area (TPSA) is 127 Å². The lowest BCUT2D eigenvalue weighted by molar-refractivity contribution is -0.137. The molecule has 0 saturated heterocycles. The van der Waals surface area contributed by atoms with Crippen molar-refractivity contribution in [2.75, 3.05) is 23.4 Å². The first-order chi connectivity index (χ1) is 17.8. The maximum absolute atomic E-state index is 13.6. The first-order valence-corrected chi connectivity index (χ1v) is 12.7. The molecule has 1 aromatic heterocycles. The lowest BCUT2D eigenvalue weighted by Crippen LogP contribution is -2.20. The summed E-state index contributed by atoms with van der Waals surface area (Å²) in [5.74, 6) is -0.641. The summed E-state index contributed by atoms with van der Waals surface area (Å²) in [7, 11) is -2.31. The minimum Gasteiger partial charge on any atom is -0.497 e. The van der Waals surface area contributed by atoms with Crippen LogP contribution >= 0.6 is 0 Å². The Morgan fingerprint density at radius 2 is 1.71 bits per heavy atom. The molecule has 0 fully saturated rings. The second-order valence-electron chi connectivity index (χ2n) is 8.24. The Balaban J connectivity index is 1.72. The fraction of sp³-hybridized carbons (Fsp3) is 0.120. The zero-order chi connectivity index (χ0) is 27.8. The number of fused-ring (bicyclic) bond motifs is 1. The summed E-state index contributed by atoms with van der Waals surface area (Å²) in [5.41, 5.74) is -0.943. The quantitative estimate of drug-likeness (QED) is 0.293. The van der Waals surface area contributed by atoms with Gasteiger partial charge in [0.1, 0.15) is 11.4 Å². The van der Waals surface area contributed by atoms with Crippen molar-refractivity contribution in [3.05, 3.63) is 78.0 Å². The van der Waals surface area contributed by atoms with E-state index in [0.29, 0.717) is 9.95 Å². The number of hydrogen-bond donors (Lipinski definition) is 3. The number of ether oxygens (including phenoxy) is 1. The van der Waals surface area contributed by atoms with Crippen molar-refractivity contribution < 1.29 is 41.0 Å². The van der Waals surface area contributed by atoms with E-state index in [2.05, 4.69) is 10.0 Å². The molecular formula is C25H20F3N3O6S. The van der Waals surface area contributed by atoms with Crippen molar-refractivity contribution in [2.24, 2.45) is 0 Å². The zero-order valence-electron chi connectivity index (χ0n) is 19.8. The molecule has 0 saturated carbocycles. The number of sulfonamides is 1. The van der Waals surface area contributed by atoms with E-state index in [-0.39, 0.29) is 39.5 Å². The number of hydrogen-bond acceptors (Lipinski definition) is 5. The van der Waals surface area contributed by atoms with E-state index in [0.717, 1.165) is 12.3 Å². The van der Waals surface area contributed by atoms with Crippen LogP contribution < -0.4 is 14.8 Å². The highest BCUT2D eigenvalue weighted by atomic mass is 32.2. The minimum absolute atomic E-state index is 0.0521. The number of alkyl halides is 3. The number of nitrogens with zero attached hydrogens (tertiary/aromatic N) is 1. The van der Waals surface area contributed by atoms with Crippen molar-refractivity contribution in [1.29, 1.82) is 0 Å². The van der Waals surface area contributed by atoms with E-state index < -0.39 is 33.8 Å². The number of carbonyl (C=O) groups is 2. The van der Waals surface area contributed by atoms with Crippen LogP contribution in [0.1, 0.15) is 16.1 Å². The van der Waals surface area contributed by atoms with E-state index in [9.17, 15) is 36.3 Å². The number of aromatic nitrogens is 1. The molecule has 0 atom stereocenters. The number of halogens is 3. The van der Waals surface area contributed by atoms with Crippen LogP contribution in [-0.2, 0) is 16.2 Å². The summed E-state index contributed by atoms with van der Waals surface area (Å²) in [6, 6.07) is 14.4. The van der Waals surface area contributed by atoms with Crippen LogP contribution in [0.25, 0.3) is 22.0 Å². The summed E-state index contributed by atoms with van der Waals surface area (Å²) in [5, 5.41) is 12.6. The standard InChI is InChI=1S/C25H20F3N3O6S/c1-37-18-8-9-20(25(26,27)28)19(13-18)14-4-3-5-16(10-14)29-23(32)22-11-15-6-7-17(30-38(2,35)36)12-21(15)31(22)24(33)34/h3-13,30H,1-2H3,(H,29,32)(H,33,34). The van der Waals surface area contributed by atoms with Gasteiger partial charge in [-0.2, -0.15) is 13.2 Å². The number of carbonyl (C=O) groups excluding carboxylic acids is 1. The maximum atomic E-state index is 13.6. The predicted octanol–water partition coefficient (Wildman–Crippen LogP) is 5.49. The Bertz CT molecular complexity index is 1680. The average molecular weight is 548 g/mol. The Morgan fingerprint density at radius 3 is 2.34 bits per heavy atom. The fourth-order valence-corrected chi connectivity index (χ4v) is 4.50. The van der Waals surface area contributed by atoms with E-state index in [1.807, 2.05) is 0 Å². The van der Waals surface area contributed by atoms with Crippen molar-refractivity contribution in [3.8, 4) is 16.9 Å². The molecule has 3 N–H and O–H groups in total. The van der Waals surface area contributed by atoms with Crippen molar-refractivity contribution >= 4 is 44.3 Å². The van der Waals surface area contributed by atoms with Gasteiger partial charge in [0.2, 0.25) is 10.0 Å². The lowest BCUT2D eigenvalue weighted by atomic mass is 9.98. The van der Waals surface area contributed by atoms with Crippen LogP contribution in [0.4, 0.5) is 29.3 Å². The third-order valence-corrected chi connectivity index (χ3v) is 6.10. The van der Waals surface area contributed by atoms with Crippen LogP contribution in [0.3, 0.4) is 0 Å². The number of amides is 1. The number of nitrogens with one attached hydrogen (secondary N) is 2. The second kappa shape index (κ2) is 9.74. The largest absolute Gasteiger partial charge is 0.497 e. The van der Waals surface area contributed by atoms with E-state index >= 15 is 0 Å². The summed E-state index contributed by atoms with van der Waals surface area (Å²) < 4.78 is 72.0. The summed E-state index contributed by atoms with van der Waals surface area (Å²) in [6.07, 6.45) is -5.21. The molecule has 9 nitrogen and oxygen atoms in total. The van der Waals surface area contributed by atoms with Gasteiger partial charge in [-0.05, 0) is 59.7 Å². The molecule has 4 rings (SSSR count). The first-order valence-electron chi connectivity index (χ1n) is 10.8. The highest BCUT2D eigenvalue weighted by Crippen LogP contribution is 2.39. The van der Waals surface area contributed by atoms with E-state index in [4.69, 9.17) is 4.74 Å². The van der Waals surface area contributed by atoms with Gasteiger partial charge in [-0.25, -0.2) is 17.8 Å². The van der Waals surface area contributed by atoms with Gasteiger partial charge < -0.3 is 15.2 Å². The normalized spacial score (nSPS) is 11.8. The number of methoxy groups -OCH3 is 1. The van der Waals surface area contributed by atoms with E-state index in [1.165, 1.54) is 67.8 Å². The minimum atomic E-state index is -4.64. The maximum Gasteiger partial charge on any atom is 0.417 e. The highest BCUT2D eigenvalue weighted by Gasteiger charge is 2.34. The van der Waals surface area contributed by atoms with Crippen molar-refractivity contribution in [3.63, 3.8) is 0 Å². The molecule has 1 heterocycles. The molecule has 0 radical (unpaired) electrons. The van der Waals surface area contributed by atoms with E-state index in [1.54, 1.807) is 0 Å². The number of carboxylic acid groups (broad SMARTS) is 1. The fourth-order valence-electron chi connectivity index (χ4n) is 3.95. The van der Waals surface area contributed by atoms with Gasteiger partial charge in [0.15, 0.2) is 0 Å². The van der Waals surface area contributed by atoms with Gasteiger partial charge >= 0.3 is 12.3 Å². The Kier molecular flexibility index (Phi) is 6.80. The van der Waals surface area contributed by atoms with Crippen LogP contribution in [0, 0.1) is 0 Å². The molecule has 0 aliphatic rings. The SMILES string of the molecule is COc1ccc(C(F)(F)F)c(-c2cccc(NC(=O)c3cc4ccc(NS(C)(=O)=O)cc4n3C(=O)O)c2)c1. The molecule has 13 heteroatoms. The zero-order valence-corrected chi connectivity index (χ0v) is 20.6. The van der Waals surface area contributed by atoms with Gasteiger partial charge in [-0.15, -0.1) is 0 Å².